The first kappa shape index (κ1) is 103. The largest absolute Gasteiger partial charge is 0.481 e. The molecule has 0 aromatic heterocycles. The first-order valence-electron chi connectivity index (χ1n) is 41.5. The highest BCUT2D eigenvalue weighted by Gasteiger charge is 2.36. The molecule has 6 aromatic carbocycles. The van der Waals surface area contributed by atoms with E-state index in [9.17, 15) is 64.2 Å². The second-order valence-electron chi connectivity index (χ2n) is 30.9. The lowest BCUT2D eigenvalue weighted by Crippen LogP contribution is -2.56. The summed E-state index contributed by atoms with van der Waals surface area (Å²) in [7, 11) is -5.84. The van der Waals surface area contributed by atoms with E-state index in [1.165, 1.54) is 18.2 Å². The van der Waals surface area contributed by atoms with E-state index < -0.39 is 84.1 Å². The Morgan fingerprint density at radius 2 is 0.677 bits per heavy atom. The van der Waals surface area contributed by atoms with Crippen molar-refractivity contribution in [1.82, 2.24) is 71.4 Å². The average Bonchev–Trinajstić information content (AvgIpc) is 0.778. The molecule has 698 valence electrons. The van der Waals surface area contributed by atoms with Gasteiger partial charge in [0.15, 0.2) is 0 Å². The summed E-state index contributed by atoms with van der Waals surface area (Å²) >= 11 is 38.9. The maximum Gasteiger partial charge on any atom is 0.326 e. The highest BCUT2D eigenvalue weighted by atomic mass is 35.5. The molecule has 34 nitrogen and oxygen atoms in total. The van der Waals surface area contributed by atoms with E-state index in [1.807, 2.05) is 57.5 Å². The number of urea groups is 4. The first-order valence-corrected chi connectivity index (χ1v) is 48.2. The number of halogens is 6. The number of ether oxygens (including phenoxy) is 6. The van der Waals surface area contributed by atoms with Crippen LogP contribution in [0.2, 0.25) is 30.1 Å². The number of benzene rings is 6. The van der Waals surface area contributed by atoms with Crippen molar-refractivity contribution < 1.29 is 92.7 Å². The monoisotopic (exact) mass is 1940 g/mol. The predicted molar refractivity (Wildman–Crippen MR) is 484 cm³/mol. The molecule has 127 heavy (non-hydrogen) atoms. The van der Waals surface area contributed by atoms with Crippen LogP contribution >= 0.6 is 69.6 Å². The van der Waals surface area contributed by atoms with E-state index >= 15 is 0 Å². The van der Waals surface area contributed by atoms with Crippen molar-refractivity contribution in [3.63, 3.8) is 0 Å². The van der Waals surface area contributed by atoms with Gasteiger partial charge < -0.3 is 95.9 Å². The van der Waals surface area contributed by atoms with E-state index in [0.29, 0.717) is 69.4 Å². The molecule has 1 unspecified atom stereocenters. The number of amides is 8. The minimum atomic E-state index is -3.92. The van der Waals surface area contributed by atoms with Crippen molar-refractivity contribution in [2.24, 2.45) is 0 Å². The normalized spacial score (nSPS) is 15.9. The highest BCUT2D eigenvalue weighted by molar-refractivity contribution is 7.90. The summed E-state index contributed by atoms with van der Waals surface area (Å²) in [4.78, 5) is 83.5. The third-order valence-corrected chi connectivity index (χ3v) is 27.3. The number of fused-ring (bicyclic) bond motifs is 3. The van der Waals surface area contributed by atoms with Crippen LogP contribution in [0.3, 0.4) is 0 Å². The smallest absolute Gasteiger partial charge is 0.326 e. The Bertz CT molecular complexity index is 4610. The summed E-state index contributed by atoms with van der Waals surface area (Å²) < 4.78 is 122. The molecule has 0 spiro atoms. The number of rotatable bonds is 53. The minimum absolute atomic E-state index is 0.0189. The van der Waals surface area contributed by atoms with Gasteiger partial charge in [0.2, 0.25) is 30.1 Å². The summed E-state index contributed by atoms with van der Waals surface area (Å²) in [5.41, 5.74) is 6.80. The van der Waals surface area contributed by atoms with Crippen LogP contribution in [0.25, 0.3) is 0 Å². The van der Waals surface area contributed by atoms with Crippen LogP contribution in [-0.2, 0) is 87.7 Å². The maximum atomic E-state index is 13.8. The summed E-state index contributed by atoms with van der Waals surface area (Å²) in [6, 6.07) is 26.4. The SMILES string of the molecule is CN1Cc2c(Cl)cc(Cl)cc2[C@H](c2cccc(S(=O)(=O)NCCOCCOCCNC(=O)NCCCC(CCCNC(=O)NCCOCCOCCNS(=O)(=O)c3cccc([C@@H]4CN(C)Cc5c(Cl)cc(Cl)cc54)c3)(CCCNC(=O)NCCOCCOCCNS(=O)(=O)c3cccc([C@@H]4CN(C)Cc5c(Cl)cc(Cl)cc54)c3)NC(=O)NC(CC(=O)O)C(=O)O)c2)C1. The lowest BCUT2D eigenvalue weighted by atomic mass is 9.83. The van der Waals surface area contributed by atoms with Crippen LogP contribution in [0.4, 0.5) is 19.2 Å². The van der Waals surface area contributed by atoms with Crippen molar-refractivity contribution >= 4 is 136 Å². The summed E-state index contributed by atoms with van der Waals surface area (Å²) in [5, 5.41) is 44.0. The number of carbonyl (C=O) groups excluding carboxylic acids is 4. The van der Waals surface area contributed by atoms with Gasteiger partial charge in [-0.2, -0.15) is 0 Å². The fourth-order valence-electron chi connectivity index (χ4n) is 15.2. The van der Waals surface area contributed by atoms with Crippen LogP contribution in [0.15, 0.2) is 124 Å². The molecular formula is C84H112Cl6N14O20S3. The molecule has 4 atom stereocenters. The number of nitrogens with zero attached hydrogens (tertiary/aromatic N) is 3. The van der Waals surface area contributed by atoms with Gasteiger partial charge in [0, 0.05) is 152 Å². The molecule has 0 saturated carbocycles. The molecule has 6 aromatic rings. The van der Waals surface area contributed by atoms with Crippen molar-refractivity contribution in [2.45, 2.75) is 109 Å². The number of carboxylic acid groups (broad SMARTS) is 2. The number of carbonyl (C=O) groups is 6. The number of hydrogen-bond donors (Lipinski definition) is 13. The van der Waals surface area contributed by atoms with E-state index in [1.54, 1.807) is 54.6 Å². The standard InChI is InChI=1S/C84H112Cl6N14O20S3/c1-102-50-68(65-43-59(85)46-74(88)71(65)53-102)56-10-4-13-62(40-56)125(113,114)97-25-31-122-37-34-119-28-22-94-80(109)91-19-7-16-84(101-83(112)100-77(79(107)108)49-78(105)106,17-8-20-92-81(110)95-23-29-120-35-38-123-32-26-98-126(115,116)63-14-5-11-57(41-63)69-51-103(2)54-72-66(69)44-60(86)47-75(72)89)18-9-21-93-82(111)96-24-30-121-36-39-124-33-27-99-127(117,118)64-15-6-12-58(42-64)70-52-104(3)55-73-67(70)45-61(87)48-76(73)90/h4-6,10-15,40-48,68-70,77,97-99H,7-9,16-39,49-55H2,1-3H3,(H,105,106)(H,107,108)(H2,91,94,109)(H2,92,95,110)(H2,93,96,111)(H2,100,101,112)/t68-,69-,70-,77?/m0/s1. The Kier molecular flexibility index (Phi) is 41.7. The summed E-state index contributed by atoms with van der Waals surface area (Å²) in [6.45, 7) is 5.28. The van der Waals surface area contributed by atoms with E-state index in [0.717, 1.165) is 50.1 Å². The maximum absolute atomic E-state index is 13.8. The number of carboxylic acids is 2. The number of likely N-dealkylation sites (N-methyl/N-ethyl adjacent to an activating group) is 3. The molecule has 0 saturated heterocycles. The van der Waals surface area contributed by atoms with Gasteiger partial charge in [0.05, 0.1) is 100 Å². The van der Waals surface area contributed by atoms with Gasteiger partial charge in [-0.15, -0.1) is 0 Å². The van der Waals surface area contributed by atoms with Gasteiger partial charge in [-0.1, -0.05) is 106 Å². The molecule has 0 aliphatic carbocycles. The Hall–Kier alpha value is -7.55. The molecule has 43 heteroatoms. The van der Waals surface area contributed by atoms with Gasteiger partial charge in [0.25, 0.3) is 0 Å². The molecule has 0 fully saturated rings. The molecular weight excluding hydrogens is 1830 g/mol. The van der Waals surface area contributed by atoms with E-state index in [4.69, 9.17) is 98.0 Å². The van der Waals surface area contributed by atoms with Gasteiger partial charge in [-0.05, 0) is 183 Å². The summed E-state index contributed by atoms with van der Waals surface area (Å²) in [6.07, 6.45) is 0.0931. The number of aliphatic carboxylic acids is 2. The number of sulfonamides is 3. The van der Waals surface area contributed by atoms with Gasteiger partial charge in [0.1, 0.15) is 6.04 Å². The molecule has 3 heterocycles. The topological polar surface area (TPSA) is 443 Å². The molecule has 9 rings (SSSR count). The average molecular weight is 1950 g/mol. The van der Waals surface area contributed by atoms with E-state index in [-0.39, 0.29) is 209 Å². The van der Waals surface area contributed by atoms with Crippen LogP contribution in [0.5, 0.6) is 0 Å². The zero-order valence-electron chi connectivity index (χ0n) is 70.8. The first-order chi connectivity index (χ1) is 60.7. The minimum Gasteiger partial charge on any atom is -0.481 e. The third-order valence-electron chi connectivity index (χ3n) is 21.2. The van der Waals surface area contributed by atoms with Crippen molar-refractivity contribution in [3.05, 3.63) is 189 Å². The van der Waals surface area contributed by atoms with E-state index in [2.05, 4.69) is 71.4 Å². The van der Waals surface area contributed by atoms with Crippen molar-refractivity contribution in [2.75, 3.05) is 179 Å². The number of hydrogen-bond acceptors (Lipinski definition) is 21. The quantitative estimate of drug-likeness (QED) is 0.0158. The Labute approximate surface area is 771 Å². The fraction of sp³-hybridized carbons (Fsp3) is 0.500. The van der Waals surface area contributed by atoms with Crippen molar-refractivity contribution in [1.29, 1.82) is 0 Å². The van der Waals surface area contributed by atoms with Gasteiger partial charge in [-0.25, -0.2) is 63.4 Å². The third kappa shape index (κ3) is 33.4. The number of nitrogens with one attached hydrogen (secondary N) is 11. The fourth-order valence-corrected chi connectivity index (χ4v) is 20.1. The lowest BCUT2D eigenvalue weighted by molar-refractivity contribution is -0.145. The molecule has 0 bridgehead atoms. The molecule has 3 aliphatic rings. The Morgan fingerprint density at radius 1 is 0.394 bits per heavy atom. The molecule has 0 radical (unpaired) electrons. The zero-order valence-corrected chi connectivity index (χ0v) is 77.8. The second kappa shape index (κ2) is 51.3. The van der Waals surface area contributed by atoms with Gasteiger partial charge in [-0.3, -0.25) is 4.79 Å². The lowest BCUT2D eigenvalue weighted by Gasteiger charge is -2.36. The summed E-state index contributed by atoms with van der Waals surface area (Å²) in [5.74, 6) is -3.59. The van der Waals surface area contributed by atoms with Crippen molar-refractivity contribution in [3.8, 4) is 0 Å². The van der Waals surface area contributed by atoms with Crippen LogP contribution in [0.1, 0.15) is 113 Å². The zero-order chi connectivity index (χ0) is 91.7. The molecule has 3 aliphatic heterocycles. The highest BCUT2D eigenvalue weighted by Crippen LogP contribution is 2.43. The Balaban J connectivity index is 0.697. The van der Waals surface area contributed by atoms with Crippen LogP contribution in [-0.4, -0.2) is 277 Å². The Morgan fingerprint density at radius 3 is 0.961 bits per heavy atom. The molecule has 13 N–H and O–H groups in total. The van der Waals surface area contributed by atoms with Crippen LogP contribution in [0, 0.1) is 0 Å². The molecule has 8 amide bonds. The predicted octanol–water partition coefficient (Wildman–Crippen LogP) is 8.88. The second-order valence-corrected chi connectivity index (χ2v) is 38.8. The van der Waals surface area contributed by atoms with Gasteiger partial charge >= 0.3 is 36.1 Å². The van der Waals surface area contributed by atoms with Crippen LogP contribution < -0.4 is 56.7 Å².